The van der Waals surface area contributed by atoms with E-state index in [0.717, 1.165) is 11.4 Å². The van der Waals surface area contributed by atoms with E-state index in [-0.39, 0.29) is 24.3 Å². The van der Waals surface area contributed by atoms with Crippen LogP contribution in [0.1, 0.15) is 13.8 Å². The molecule has 120 valence electrons. The van der Waals surface area contributed by atoms with Gasteiger partial charge in [0, 0.05) is 18.3 Å². The molecule has 0 bridgehead atoms. The second-order valence-electron chi connectivity index (χ2n) is 5.90. The summed E-state index contributed by atoms with van der Waals surface area (Å²) in [6.07, 6.45) is -0.312. The van der Waals surface area contributed by atoms with Gasteiger partial charge in [-0.25, -0.2) is 5.01 Å². The molecular weight excluding hydrogens is 282 g/mol. The SMILES string of the molecule is COc1ccc(NC2NC(=O)C3CNN(C(C)C)C3N2)cc1. The summed E-state index contributed by atoms with van der Waals surface area (Å²) in [4.78, 5) is 12.3. The standard InChI is InChI=1S/C15H23N5O2/c1-9(2)20-13-12(8-16-20)14(21)19-15(18-13)17-10-4-6-11(22-3)7-5-10/h4-7,9,12-13,15-18H,8H2,1-3H3,(H,19,21). The third-order valence-electron chi connectivity index (χ3n) is 4.09. The molecular formula is C15H23N5O2. The van der Waals surface area contributed by atoms with Crippen LogP contribution in [-0.4, -0.2) is 43.1 Å². The average Bonchev–Trinajstić information content (AvgIpc) is 2.92. The van der Waals surface area contributed by atoms with E-state index in [9.17, 15) is 4.79 Å². The molecule has 0 radical (unpaired) electrons. The lowest BCUT2D eigenvalue weighted by Crippen LogP contribution is -2.67. The molecule has 0 aliphatic carbocycles. The zero-order chi connectivity index (χ0) is 15.7. The average molecular weight is 305 g/mol. The number of amides is 1. The van der Waals surface area contributed by atoms with Crippen LogP contribution in [0.2, 0.25) is 0 Å². The molecule has 7 nitrogen and oxygen atoms in total. The number of hydrazine groups is 1. The third-order valence-corrected chi connectivity index (χ3v) is 4.09. The normalized spacial score (nSPS) is 28.4. The van der Waals surface area contributed by atoms with Gasteiger partial charge in [-0.3, -0.25) is 15.5 Å². The molecule has 2 fully saturated rings. The van der Waals surface area contributed by atoms with Crippen molar-refractivity contribution in [2.75, 3.05) is 19.0 Å². The second-order valence-corrected chi connectivity index (χ2v) is 5.90. The fourth-order valence-corrected chi connectivity index (χ4v) is 2.94. The van der Waals surface area contributed by atoms with E-state index in [1.807, 2.05) is 24.3 Å². The van der Waals surface area contributed by atoms with Crippen molar-refractivity contribution in [1.82, 2.24) is 21.1 Å². The van der Waals surface area contributed by atoms with Crippen molar-refractivity contribution in [2.24, 2.45) is 5.92 Å². The van der Waals surface area contributed by atoms with Gasteiger partial charge in [0.25, 0.3) is 0 Å². The van der Waals surface area contributed by atoms with Gasteiger partial charge in [0.2, 0.25) is 5.91 Å². The van der Waals surface area contributed by atoms with E-state index >= 15 is 0 Å². The number of carbonyl (C=O) groups excluding carboxylic acids is 1. The molecule has 4 N–H and O–H groups in total. The maximum absolute atomic E-state index is 12.3. The lowest BCUT2D eigenvalue weighted by atomic mass is 10.0. The van der Waals surface area contributed by atoms with E-state index in [1.165, 1.54) is 0 Å². The summed E-state index contributed by atoms with van der Waals surface area (Å²) < 4.78 is 5.15. The summed E-state index contributed by atoms with van der Waals surface area (Å²) in [7, 11) is 1.64. The first-order valence-electron chi connectivity index (χ1n) is 7.57. The first-order valence-corrected chi connectivity index (χ1v) is 7.57. The Balaban J connectivity index is 1.68. The molecule has 0 spiro atoms. The van der Waals surface area contributed by atoms with Crippen molar-refractivity contribution in [3.8, 4) is 5.75 Å². The zero-order valence-electron chi connectivity index (χ0n) is 13.1. The Hall–Kier alpha value is -1.83. The molecule has 7 heteroatoms. The number of nitrogens with one attached hydrogen (secondary N) is 4. The Morgan fingerprint density at radius 1 is 1.32 bits per heavy atom. The predicted octanol–water partition coefficient (Wildman–Crippen LogP) is 0.281. The number of carbonyl (C=O) groups is 1. The fraction of sp³-hybridized carbons (Fsp3) is 0.533. The van der Waals surface area contributed by atoms with E-state index in [0.29, 0.717) is 12.6 Å². The van der Waals surface area contributed by atoms with Crippen molar-refractivity contribution in [3.05, 3.63) is 24.3 Å². The summed E-state index contributed by atoms with van der Waals surface area (Å²) in [5.41, 5.74) is 4.21. The summed E-state index contributed by atoms with van der Waals surface area (Å²) in [6.45, 7) is 4.88. The van der Waals surface area contributed by atoms with Crippen LogP contribution >= 0.6 is 0 Å². The largest absolute Gasteiger partial charge is 0.497 e. The minimum atomic E-state index is -0.303. The first kappa shape index (κ1) is 15.1. The van der Waals surface area contributed by atoms with Crippen LogP contribution in [0.5, 0.6) is 5.75 Å². The van der Waals surface area contributed by atoms with Crippen LogP contribution in [0.3, 0.4) is 0 Å². The van der Waals surface area contributed by atoms with E-state index in [1.54, 1.807) is 7.11 Å². The van der Waals surface area contributed by atoms with Gasteiger partial charge in [-0.2, -0.15) is 0 Å². The minimum Gasteiger partial charge on any atom is -0.497 e. The zero-order valence-corrected chi connectivity index (χ0v) is 13.1. The summed E-state index contributed by atoms with van der Waals surface area (Å²) in [6, 6.07) is 7.92. The van der Waals surface area contributed by atoms with Gasteiger partial charge in [0.05, 0.1) is 19.2 Å². The molecule has 2 aliphatic rings. The molecule has 3 rings (SSSR count). The third kappa shape index (κ3) is 2.87. The van der Waals surface area contributed by atoms with Gasteiger partial charge < -0.3 is 15.4 Å². The summed E-state index contributed by atoms with van der Waals surface area (Å²) in [5.74, 6) is 0.791. The fourth-order valence-electron chi connectivity index (χ4n) is 2.94. The number of methoxy groups -OCH3 is 1. The van der Waals surface area contributed by atoms with Gasteiger partial charge in [-0.1, -0.05) is 0 Å². The monoisotopic (exact) mass is 305 g/mol. The number of fused-ring (bicyclic) bond motifs is 1. The van der Waals surface area contributed by atoms with Gasteiger partial charge in [0.1, 0.15) is 5.75 Å². The highest BCUT2D eigenvalue weighted by Gasteiger charge is 2.44. The van der Waals surface area contributed by atoms with Crippen molar-refractivity contribution < 1.29 is 9.53 Å². The number of nitrogens with zero attached hydrogens (tertiary/aromatic N) is 1. The molecule has 22 heavy (non-hydrogen) atoms. The molecule has 0 saturated carbocycles. The van der Waals surface area contributed by atoms with Gasteiger partial charge in [-0.05, 0) is 38.1 Å². The quantitative estimate of drug-likeness (QED) is 0.640. The highest BCUT2D eigenvalue weighted by Crippen LogP contribution is 2.21. The number of hydrogen-bond acceptors (Lipinski definition) is 6. The molecule has 3 unspecified atom stereocenters. The van der Waals surface area contributed by atoms with E-state index < -0.39 is 0 Å². The van der Waals surface area contributed by atoms with Crippen molar-refractivity contribution >= 4 is 11.6 Å². The molecule has 2 saturated heterocycles. The molecule has 3 atom stereocenters. The van der Waals surface area contributed by atoms with Gasteiger partial charge in [-0.15, -0.1) is 0 Å². The molecule has 1 amide bonds. The number of ether oxygens (including phenoxy) is 1. The lowest BCUT2D eigenvalue weighted by Gasteiger charge is -2.38. The van der Waals surface area contributed by atoms with Crippen molar-refractivity contribution in [2.45, 2.75) is 32.3 Å². The number of benzene rings is 1. The molecule has 1 aromatic rings. The molecule has 0 aromatic heterocycles. The van der Waals surface area contributed by atoms with Crippen LogP contribution < -0.4 is 26.1 Å². The Kier molecular flexibility index (Phi) is 4.19. The highest BCUT2D eigenvalue weighted by atomic mass is 16.5. The van der Waals surface area contributed by atoms with Crippen LogP contribution in [0.4, 0.5) is 5.69 Å². The Labute approximate surface area is 130 Å². The smallest absolute Gasteiger partial charge is 0.230 e. The minimum absolute atomic E-state index is 0.00972. The topological polar surface area (TPSA) is 77.7 Å². The van der Waals surface area contributed by atoms with E-state index in [4.69, 9.17) is 4.74 Å². The lowest BCUT2D eigenvalue weighted by molar-refractivity contribution is -0.129. The first-order chi connectivity index (χ1) is 10.6. The van der Waals surface area contributed by atoms with Crippen LogP contribution in [0.25, 0.3) is 0 Å². The number of anilines is 1. The van der Waals surface area contributed by atoms with Crippen molar-refractivity contribution in [1.29, 1.82) is 0 Å². The van der Waals surface area contributed by atoms with Crippen LogP contribution in [-0.2, 0) is 4.79 Å². The van der Waals surface area contributed by atoms with Gasteiger partial charge in [0.15, 0.2) is 6.29 Å². The molecule has 1 aromatic carbocycles. The number of rotatable bonds is 4. The van der Waals surface area contributed by atoms with Crippen LogP contribution in [0, 0.1) is 5.92 Å². The maximum Gasteiger partial charge on any atom is 0.230 e. The highest BCUT2D eigenvalue weighted by molar-refractivity contribution is 5.81. The Bertz CT molecular complexity index is 533. The van der Waals surface area contributed by atoms with Gasteiger partial charge >= 0.3 is 0 Å². The second kappa shape index (κ2) is 6.12. The summed E-state index contributed by atoms with van der Waals surface area (Å²) in [5, 5.41) is 11.8. The molecule has 2 heterocycles. The maximum atomic E-state index is 12.3. The Morgan fingerprint density at radius 3 is 2.68 bits per heavy atom. The Morgan fingerprint density at radius 2 is 2.05 bits per heavy atom. The van der Waals surface area contributed by atoms with Crippen LogP contribution in [0.15, 0.2) is 24.3 Å². The van der Waals surface area contributed by atoms with E-state index in [2.05, 4.69) is 40.2 Å². The predicted molar refractivity (Wildman–Crippen MR) is 83.9 cm³/mol. The molecule has 2 aliphatic heterocycles. The summed E-state index contributed by atoms with van der Waals surface area (Å²) >= 11 is 0. The van der Waals surface area contributed by atoms with Crippen molar-refractivity contribution in [3.63, 3.8) is 0 Å². The number of hydrogen-bond donors (Lipinski definition) is 4.